The molecule has 0 aliphatic rings. The highest BCUT2D eigenvalue weighted by Gasteiger charge is 2.13. The zero-order chi connectivity index (χ0) is 9.35. The highest BCUT2D eigenvalue weighted by Crippen LogP contribution is 2.05. The quantitative estimate of drug-likeness (QED) is 0.681. The van der Waals surface area contributed by atoms with Crippen molar-refractivity contribution < 1.29 is 8.42 Å². The molecule has 12 heavy (non-hydrogen) atoms. The summed E-state index contributed by atoms with van der Waals surface area (Å²) in [5, 5.41) is 11.6. The summed E-state index contributed by atoms with van der Waals surface area (Å²) in [5.74, 6) is 0. The van der Waals surface area contributed by atoms with Crippen LogP contribution in [0.25, 0.3) is 0 Å². The Balaban J connectivity index is 3.09. The van der Waals surface area contributed by atoms with Crippen LogP contribution in [0.5, 0.6) is 0 Å². The first kappa shape index (κ1) is 9.14. The predicted octanol–water partition coefficient (Wildman–Crippen LogP) is -0.494. The molecule has 0 aromatic carbocycles. The first-order valence-electron chi connectivity index (χ1n) is 3.36. The van der Waals surface area contributed by atoms with E-state index in [1.165, 1.54) is 10.9 Å². The van der Waals surface area contributed by atoms with Gasteiger partial charge in [0.2, 0.25) is 5.03 Å². The molecule has 1 rings (SSSR count). The summed E-state index contributed by atoms with van der Waals surface area (Å²) >= 11 is 0. The summed E-state index contributed by atoms with van der Waals surface area (Å²) in [6, 6.07) is 0.0769. The molecule has 2 N–H and O–H groups in total. The molecule has 1 heterocycles. The molecule has 0 saturated carbocycles. The maximum atomic E-state index is 10.7. The molecule has 6 nitrogen and oxygen atoms in total. The van der Waals surface area contributed by atoms with Gasteiger partial charge in [-0.15, -0.1) is 5.10 Å². The van der Waals surface area contributed by atoms with E-state index >= 15 is 0 Å². The topological polar surface area (TPSA) is 90.9 Å². The minimum Gasteiger partial charge on any atom is -0.249 e. The van der Waals surface area contributed by atoms with E-state index in [9.17, 15) is 8.42 Å². The summed E-state index contributed by atoms with van der Waals surface area (Å²) in [6.45, 7) is 3.73. The third kappa shape index (κ3) is 1.80. The van der Waals surface area contributed by atoms with Gasteiger partial charge in [-0.2, -0.15) is 0 Å². The molecule has 0 spiro atoms. The van der Waals surface area contributed by atoms with E-state index in [0.717, 1.165) is 0 Å². The van der Waals surface area contributed by atoms with Gasteiger partial charge in [0.1, 0.15) is 0 Å². The molecule has 0 saturated heterocycles. The van der Waals surface area contributed by atoms with Crippen molar-refractivity contribution in [1.82, 2.24) is 15.0 Å². The van der Waals surface area contributed by atoms with Gasteiger partial charge in [0.25, 0.3) is 10.0 Å². The van der Waals surface area contributed by atoms with Crippen molar-refractivity contribution in [1.29, 1.82) is 0 Å². The summed E-state index contributed by atoms with van der Waals surface area (Å²) in [5.41, 5.74) is 0. The van der Waals surface area contributed by atoms with Gasteiger partial charge in [-0.1, -0.05) is 5.21 Å². The SMILES string of the molecule is CC(C)n1cc(S(N)(=O)=O)nn1. The number of nitrogens with two attached hydrogens (primary N) is 1. The Labute approximate surface area is 70.4 Å². The van der Waals surface area contributed by atoms with Crippen LogP contribution in [0.15, 0.2) is 11.2 Å². The van der Waals surface area contributed by atoms with Crippen molar-refractivity contribution in [2.24, 2.45) is 5.14 Å². The molecule has 0 radical (unpaired) electrons. The smallest absolute Gasteiger partial charge is 0.249 e. The first-order valence-corrected chi connectivity index (χ1v) is 4.90. The fraction of sp³-hybridized carbons (Fsp3) is 0.600. The van der Waals surface area contributed by atoms with Crippen molar-refractivity contribution in [2.75, 3.05) is 0 Å². The maximum absolute atomic E-state index is 10.7. The third-order valence-electron chi connectivity index (χ3n) is 1.31. The highest BCUT2D eigenvalue weighted by atomic mass is 32.2. The van der Waals surface area contributed by atoms with E-state index in [4.69, 9.17) is 5.14 Å². The number of aromatic nitrogens is 3. The Hall–Kier alpha value is -0.950. The molecule has 0 amide bonds. The molecular weight excluding hydrogens is 180 g/mol. The van der Waals surface area contributed by atoms with E-state index in [1.807, 2.05) is 13.8 Å². The summed E-state index contributed by atoms with van der Waals surface area (Å²) in [6.07, 6.45) is 1.31. The van der Waals surface area contributed by atoms with E-state index in [-0.39, 0.29) is 11.1 Å². The second-order valence-corrected chi connectivity index (χ2v) is 4.18. The average molecular weight is 190 g/mol. The van der Waals surface area contributed by atoms with Gasteiger partial charge < -0.3 is 0 Å². The van der Waals surface area contributed by atoms with E-state index < -0.39 is 10.0 Å². The molecule has 0 fully saturated rings. The molecule has 0 atom stereocenters. The lowest BCUT2D eigenvalue weighted by molar-refractivity contribution is 0.514. The monoisotopic (exact) mass is 190 g/mol. The van der Waals surface area contributed by atoms with Crippen LogP contribution in [0.1, 0.15) is 19.9 Å². The van der Waals surface area contributed by atoms with Crippen LogP contribution in [0.2, 0.25) is 0 Å². The van der Waals surface area contributed by atoms with Gasteiger partial charge in [-0.05, 0) is 13.8 Å². The first-order chi connectivity index (χ1) is 5.41. The van der Waals surface area contributed by atoms with Crippen LogP contribution in [0, 0.1) is 0 Å². The fourth-order valence-corrected chi connectivity index (χ4v) is 1.05. The lowest BCUT2D eigenvalue weighted by atomic mass is 10.4. The maximum Gasteiger partial charge on any atom is 0.259 e. The van der Waals surface area contributed by atoms with Gasteiger partial charge in [0.05, 0.1) is 6.20 Å². The molecule has 0 unspecified atom stereocenters. The van der Waals surface area contributed by atoms with Crippen LogP contribution in [-0.2, 0) is 10.0 Å². The third-order valence-corrected chi connectivity index (χ3v) is 2.08. The average Bonchev–Trinajstić information content (AvgIpc) is 2.30. The Bertz CT molecular complexity index is 367. The van der Waals surface area contributed by atoms with Crippen molar-refractivity contribution >= 4 is 10.0 Å². The summed E-state index contributed by atoms with van der Waals surface area (Å²) in [7, 11) is -3.71. The van der Waals surface area contributed by atoms with Gasteiger partial charge >= 0.3 is 0 Å². The van der Waals surface area contributed by atoms with Gasteiger partial charge in [0.15, 0.2) is 0 Å². The zero-order valence-corrected chi connectivity index (χ0v) is 7.61. The fourth-order valence-electron chi connectivity index (χ4n) is 0.643. The molecule has 0 aliphatic carbocycles. The van der Waals surface area contributed by atoms with Gasteiger partial charge in [-0.25, -0.2) is 18.2 Å². The molecule has 68 valence electrons. The number of sulfonamides is 1. The van der Waals surface area contributed by atoms with Crippen LogP contribution in [-0.4, -0.2) is 23.4 Å². The summed E-state index contributed by atoms with van der Waals surface area (Å²) < 4.78 is 22.9. The Morgan fingerprint density at radius 2 is 2.17 bits per heavy atom. The number of nitrogens with zero attached hydrogens (tertiary/aromatic N) is 3. The summed E-state index contributed by atoms with van der Waals surface area (Å²) in [4.78, 5) is 0. The minimum atomic E-state index is -3.71. The molecule has 1 aromatic heterocycles. The predicted molar refractivity (Wildman–Crippen MR) is 41.8 cm³/mol. The Kier molecular flexibility index (Phi) is 2.16. The van der Waals surface area contributed by atoms with Crippen molar-refractivity contribution in [3.8, 4) is 0 Å². The molecular formula is C5H10N4O2S. The number of primary sulfonamides is 1. The largest absolute Gasteiger partial charge is 0.259 e. The standard InChI is InChI=1S/C5H10N4O2S/c1-4(2)9-3-5(7-8-9)12(6,10)11/h3-4H,1-2H3,(H2,6,10,11). The van der Waals surface area contributed by atoms with E-state index in [2.05, 4.69) is 10.3 Å². The number of hydrogen-bond acceptors (Lipinski definition) is 4. The van der Waals surface area contributed by atoms with Crippen molar-refractivity contribution in [3.05, 3.63) is 6.20 Å². The van der Waals surface area contributed by atoms with Crippen LogP contribution >= 0.6 is 0 Å². The van der Waals surface area contributed by atoms with Crippen molar-refractivity contribution in [2.45, 2.75) is 24.9 Å². The molecule has 7 heteroatoms. The van der Waals surface area contributed by atoms with Crippen LogP contribution in [0.3, 0.4) is 0 Å². The van der Waals surface area contributed by atoms with Gasteiger partial charge in [-0.3, -0.25) is 0 Å². The highest BCUT2D eigenvalue weighted by molar-refractivity contribution is 7.89. The zero-order valence-electron chi connectivity index (χ0n) is 6.80. The number of rotatable bonds is 2. The lowest BCUT2D eigenvalue weighted by Gasteiger charge is -2.00. The molecule has 0 bridgehead atoms. The Morgan fingerprint density at radius 1 is 1.58 bits per heavy atom. The van der Waals surface area contributed by atoms with Crippen LogP contribution in [0.4, 0.5) is 0 Å². The molecule has 0 aliphatic heterocycles. The van der Waals surface area contributed by atoms with Gasteiger partial charge in [0, 0.05) is 6.04 Å². The van der Waals surface area contributed by atoms with E-state index in [1.54, 1.807) is 0 Å². The number of hydrogen-bond donors (Lipinski definition) is 1. The minimum absolute atomic E-state index is 0.0769. The second-order valence-electron chi connectivity index (χ2n) is 2.68. The van der Waals surface area contributed by atoms with E-state index in [0.29, 0.717) is 0 Å². The van der Waals surface area contributed by atoms with Crippen LogP contribution < -0.4 is 5.14 Å². The lowest BCUT2D eigenvalue weighted by Crippen LogP contribution is -2.12. The normalized spacial score (nSPS) is 12.3. The van der Waals surface area contributed by atoms with Crippen molar-refractivity contribution in [3.63, 3.8) is 0 Å². The second kappa shape index (κ2) is 2.83. The molecule has 1 aromatic rings. The Morgan fingerprint density at radius 3 is 2.42 bits per heavy atom.